The van der Waals surface area contributed by atoms with Crippen LogP contribution in [0.5, 0.6) is 0 Å². The number of Topliss-reactive ketones (excluding diaryl/α,β-unsaturated/α-hetero) is 1. The van der Waals surface area contributed by atoms with E-state index in [1.807, 2.05) is 0 Å². The monoisotopic (exact) mass is 270 g/mol. The zero-order valence-corrected chi connectivity index (χ0v) is 11.6. The fourth-order valence-corrected chi connectivity index (χ4v) is 2.92. The largest absolute Gasteiger partial charge is 0.481 e. The fourth-order valence-electron chi connectivity index (χ4n) is 2.92. The smallest absolute Gasteiger partial charge is 0.309 e. The van der Waals surface area contributed by atoms with Crippen molar-refractivity contribution >= 4 is 11.8 Å². The van der Waals surface area contributed by atoms with Gasteiger partial charge in [0.2, 0.25) is 0 Å². The molecule has 5 heteroatoms. The highest BCUT2D eigenvalue weighted by Crippen LogP contribution is 2.40. The van der Waals surface area contributed by atoms with E-state index < -0.39 is 23.4 Å². The minimum Gasteiger partial charge on any atom is -0.481 e. The van der Waals surface area contributed by atoms with E-state index in [2.05, 4.69) is 0 Å². The second-order valence-electron chi connectivity index (χ2n) is 5.98. The number of hydrogen-bond donors (Lipinski definition) is 1. The van der Waals surface area contributed by atoms with E-state index in [1.165, 1.54) is 0 Å². The van der Waals surface area contributed by atoms with Crippen molar-refractivity contribution in [2.24, 2.45) is 11.3 Å². The maximum atomic E-state index is 12.0. The van der Waals surface area contributed by atoms with Crippen molar-refractivity contribution in [1.82, 2.24) is 0 Å². The lowest BCUT2D eigenvalue weighted by atomic mass is 9.68. The first-order valence-corrected chi connectivity index (χ1v) is 6.96. The highest BCUT2D eigenvalue weighted by atomic mass is 16.7. The van der Waals surface area contributed by atoms with Crippen molar-refractivity contribution in [3.8, 4) is 0 Å². The molecule has 1 N–H and O–H groups in total. The third-order valence-corrected chi connectivity index (χ3v) is 4.23. The minimum atomic E-state index is -0.888. The Kier molecular flexibility index (Phi) is 4.26. The van der Waals surface area contributed by atoms with Gasteiger partial charge in [0.1, 0.15) is 5.78 Å². The van der Waals surface area contributed by atoms with Gasteiger partial charge in [-0.15, -0.1) is 0 Å². The molecule has 0 aromatic carbocycles. The second kappa shape index (κ2) is 5.59. The maximum absolute atomic E-state index is 12.0. The third-order valence-electron chi connectivity index (χ3n) is 4.23. The molecule has 1 aliphatic heterocycles. The molecule has 5 nitrogen and oxygen atoms in total. The number of rotatable bonds is 3. The SMILES string of the molecule is CC1(C)C(=O)CC[C@H](C(=O)O)[C@@H]1OC1CCCCO1. The van der Waals surface area contributed by atoms with E-state index >= 15 is 0 Å². The molecule has 2 fully saturated rings. The lowest BCUT2D eigenvalue weighted by molar-refractivity contribution is -0.227. The number of carboxylic acid groups (broad SMARTS) is 1. The van der Waals surface area contributed by atoms with Gasteiger partial charge in [0.05, 0.1) is 17.4 Å². The zero-order valence-electron chi connectivity index (χ0n) is 11.6. The summed E-state index contributed by atoms with van der Waals surface area (Å²) in [6.45, 7) is 4.19. The molecular formula is C14H22O5. The van der Waals surface area contributed by atoms with E-state index in [1.54, 1.807) is 13.8 Å². The van der Waals surface area contributed by atoms with Crippen LogP contribution in [0.1, 0.15) is 46.0 Å². The van der Waals surface area contributed by atoms with Gasteiger partial charge in [0.15, 0.2) is 6.29 Å². The molecule has 0 spiro atoms. The van der Waals surface area contributed by atoms with Gasteiger partial charge in [-0.25, -0.2) is 0 Å². The molecule has 19 heavy (non-hydrogen) atoms. The first-order chi connectivity index (χ1) is 8.93. The van der Waals surface area contributed by atoms with Crippen molar-refractivity contribution in [2.75, 3.05) is 6.61 Å². The lowest BCUT2D eigenvalue weighted by Gasteiger charge is -2.42. The van der Waals surface area contributed by atoms with Crippen molar-refractivity contribution in [3.63, 3.8) is 0 Å². The minimum absolute atomic E-state index is 0.0748. The molecule has 3 atom stereocenters. The van der Waals surface area contributed by atoms with Crippen LogP contribution in [0, 0.1) is 11.3 Å². The van der Waals surface area contributed by atoms with Crippen LogP contribution in [0.15, 0.2) is 0 Å². The topological polar surface area (TPSA) is 72.8 Å². The molecule has 1 saturated carbocycles. The van der Waals surface area contributed by atoms with E-state index in [9.17, 15) is 14.7 Å². The first-order valence-electron chi connectivity index (χ1n) is 6.96. The zero-order chi connectivity index (χ0) is 14.0. The third kappa shape index (κ3) is 2.98. The summed E-state index contributed by atoms with van der Waals surface area (Å²) >= 11 is 0. The molecule has 0 bridgehead atoms. The normalized spacial score (nSPS) is 35.1. The van der Waals surface area contributed by atoms with Crippen LogP contribution < -0.4 is 0 Å². The van der Waals surface area contributed by atoms with E-state index in [0.717, 1.165) is 19.3 Å². The van der Waals surface area contributed by atoms with Gasteiger partial charge < -0.3 is 14.6 Å². The lowest BCUT2D eigenvalue weighted by Crippen LogP contribution is -2.52. The molecular weight excluding hydrogens is 248 g/mol. The average Bonchev–Trinajstić information content (AvgIpc) is 2.36. The Balaban J connectivity index is 2.13. The number of ether oxygens (including phenoxy) is 2. The molecule has 0 amide bonds. The van der Waals surface area contributed by atoms with Gasteiger partial charge in [-0.3, -0.25) is 9.59 Å². The molecule has 0 aromatic rings. The second-order valence-corrected chi connectivity index (χ2v) is 5.98. The summed E-state index contributed by atoms with van der Waals surface area (Å²) in [6.07, 6.45) is 2.50. The Bertz CT molecular complexity index is 357. The van der Waals surface area contributed by atoms with Crippen LogP contribution in [0.2, 0.25) is 0 Å². The Morgan fingerprint density at radius 3 is 2.68 bits per heavy atom. The number of carbonyl (C=O) groups is 2. The van der Waals surface area contributed by atoms with E-state index in [0.29, 0.717) is 19.4 Å². The van der Waals surface area contributed by atoms with Gasteiger partial charge in [0.25, 0.3) is 0 Å². The molecule has 108 valence electrons. The predicted octanol–water partition coefficient (Wildman–Crippen LogP) is 1.99. The number of carboxylic acids is 1. The summed E-state index contributed by atoms with van der Waals surface area (Å²) in [4.78, 5) is 23.4. The Hall–Kier alpha value is -0.940. The first kappa shape index (κ1) is 14.5. The van der Waals surface area contributed by atoms with Gasteiger partial charge in [-0.1, -0.05) is 13.8 Å². The summed E-state index contributed by atoms with van der Waals surface area (Å²) in [7, 11) is 0. The van der Waals surface area contributed by atoms with Gasteiger partial charge >= 0.3 is 5.97 Å². The summed E-state index contributed by atoms with van der Waals surface area (Å²) < 4.78 is 11.4. The fraction of sp³-hybridized carbons (Fsp3) is 0.857. The van der Waals surface area contributed by atoms with Crippen molar-refractivity contribution in [2.45, 2.75) is 58.3 Å². The molecule has 1 heterocycles. The standard InChI is InChI=1S/C14H22O5/c1-14(2)10(15)7-6-9(13(16)17)12(14)19-11-5-3-4-8-18-11/h9,11-12H,3-8H2,1-2H3,(H,16,17)/t9-,11?,12-/m0/s1. The predicted molar refractivity (Wildman–Crippen MR) is 67.6 cm³/mol. The summed E-state index contributed by atoms with van der Waals surface area (Å²) in [5.74, 6) is -1.44. The molecule has 1 saturated heterocycles. The van der Waals surface area contributed by atoms with Gasteiger partial charge in [-0.05, 0) is 25.7 Å². The number of carbonyl (C=O) groups excluding carboxylic acids is 1. The quantitative estimate of drug-likeness (QED) is 0.849. The van der Waals surface area contributed by atoms with Crippen LogP contribution in [0.25, 0.3) is 0 Å². The molecule has 1 unspecified atom stereocenters. The summed E-state index contributed by atoms with van der Waals surface area (Å²) in [5.41, 5.74) is -0.762. The number of ketones is 1. The van der Waals surface area contributed by atoms with E-state index in [-0.39, 0.29) is 12.1 Å². The van der Waals surface area contributed by atoms with Crippen molar-refractivity contribution in [3.05, 3.63) is 0 Å². The average molecular weight is 270 g/mol. The van der Waals surface area contributed by atoms with Crippen molar-refractivity contribution in [1.29, 1.82) is 0 Å². The van der Waals surface area contributed by atoms with Crippen molar-refractivity contribution < 1.29 is 24.2 Å². The van der Waals surface area contributed by atoms with Crippen LogP contribution in [-0.2, 0) is 19.1 Å². The molecule has 0 radical (unpaired) electrons. The molecule has 0 aromatic heterocycles. The Morgan fingerprint density at radius 2 is 2.11 bits per heavy atom. The number of hydrogen-bond acceptors (Lipinski definition) is 4. The summed E-state index contributed by atoms with van der Waals surface area (Å²) in [5, 5.41) is 9.32. The van der Waals surface area contributed by atoms with Crippen LogP contribution >= 0.6 is 0 Å². The molecule has 2 aliphatic rings. The van der Waals surface area contributed by atoms with Crippen LogP contribution in [-0.4, -0.2) is 35.9 Å². The highest BCUT2D eigenvalue weighted by Gasteiger charge is 2.49. The van der Waals surface area contributed by atoms with Gasteiger partial charge in [-0.2, -0.15) is 0 Å². The van der Waals surface area contributed by atoms with Crippen LogP contribution in [0.3, 0.4) is 0 Å². The molecule has 2 rings (SSSR count). The Morgan fingerprint density at radius 1 is 1.37 bits per heavy atom. The summed E-state index contributed by atoms with van der Waals surface area (Å²) in [6, 6.07) is 0. The number of aliphatic carboxylic acids is 1. The Labute approximate surface area is 113 Å². The highest BCUT2D eigenvalue weighted by molar-refractivity contribution is 5.88. The molecule has 1 aliphatic carbocycles. The maximum Gasteiger partial charge on any atom is 0.309 e. The van der Waals surface area contributed by atoms with Crippen LogP contribution in [0.4, 0.5) is 0 Å². The van der Waals surface area contributed by atoms with E-state index in [4.69, 9.17) is 9.47 Å². The van der Waals surface area contributed by atoms with Gasteiger partial charge in [0, 0.05) is 13.0 Å².